The number of carbonyl (C=O) groups is 1. The lowest BCUT2D eigenvalue weighted by atomic mass is 9.98. The van der Waals surface area contributed by atoms with E-state index in [1.165, 1.54) is 0 Å². The Morgan fingerprint density at radius 1 is 1.19 bits per heavy atom. The van der Waals surface area contributed by atoms with Crippen molar-refractivity contribution < 1.29 is 19.4 Å². The third-order valence-electron chi connectivity index (χ3n) is 3.78. The second kappa shape index (κ2) is 10.2. The Kier molecular flexibility index (Phi) is 8.33. The number of hydrogen-bond donors (Lipinski definition) is 0. The van der Waals surface area contributed by atoms with Crippen LogP contribution < -0.4 is 4.74 Å². The number of benzene rings is 1. The largest absolute Gasteiger partial charge is 0.439 e. The fourth-order valence-electron chi connectivity index (χ4n) is 2.57. The number of hydrogen-bond acceptors (Lipinski definition) is 6. The third kappa shape index (κ3) is 6.58. The zero-order valence-corrected chi connectivity index (χ0v) is 15.1. The highest BCUT2D eigenvalue weighted by molar-refractivity contribution is 5.92. The van der Waals surface area contributed by atoms with E-state index in [1.54, 1.807) is 6.92 Å². The summed E-state index contributed by atoms with van der Waals surface area (Å²) in [7, 11) is 0. The summed E-state index contributed by atoms with van der Waals surface area (Å²) in [6, 6.07) is 3.21. The van der Waals surface area contributed by atoms with Gasteiger partial charge >= 0.3 is 17.5 Å². The number of nitro benzene ring substituents is 2. The summed E-state index contributed by atoms with van der Waals surface area (Å²) in [4.78, 5) is 36.1. The second-order valence-electron chi connectivity index (χ2n) is 6.16. The van der Waals surface area contributed by atoms with E-state index in [4.69, 9.17) is 4.74 Å². The van der Waals surface area contributed by atoms with E-state index in [1.807, 2.05) is 6.92 Å². The van der Waals surface area contributed by atoms with Gasteiger partial charge in [0.2, 0.25) is 0 Å². The van der Waals surface area contributed by atoms with Crippen LogP contribution in [0.2, 0.25) is 0 Å². The highest BCUT2D eigenvalue weighted by Gasteiger charge is 2.28. The Morgan fingerprint density at radius 2 is 1.77 bits per heavy atom. The molecule has 0 saturated heterocycles. The minimum atomic E-state index is -1.11. The summed E-state index contributed by atoms with van der Waals surface area (Å²) in [5, 5.41) is 22.1. The smallest absolute Gasteiger partial charge is 0.394 e. The quantitative estimate of drug-likeness (QED) is 0.260. The molecule has 0 aliphatic heterocycles. The maximum Gasteiger partial charge on any atom is 0.439 e. The molecule has 0 aliphatic carbocycles. The van der Waals surface area contributed by atoms with E-state index in [2.05, 4.69) is 11.9 Å². The van der Waals surface area contributed by atoms with Crippen molar-refractivity contribution in [1.29, 1.82) is 0 Å². The van der Waals surface area contributed by atoms with Gasteiger partial charge in [0.05, 0.1) is 9.85 Å². The van der Waals surface area contributed by atoms with Gasteiger partial charge in [-0.1, -0.05) is 39.5 Å². The SMILES string of the molecule is CCCCCC(C)C/C(C)=N/C(=O)Oc1c([N+](=O)[O-])cccc1[N+](=O)[O-]. The molecule has 1 rings (SSSR count). The van der Waals surface area contributed by atoms with Gasteiger partial charge in [0, 0.05) is 17.8 Å². The standard InChI is InChI=1S/C17H23N3O6/c1-4-5-6-8-12(2)11-13(3)18-17(21)26-16-14(19(22)23)9-7-10-15(16)20(24)25/h7,9-10,12H,4-6,8,11H2,1-3H3/b18-13+. The number of nitro groups is 2. The first kappa shape index (κ1) is 21.2. The molecule has 0 N–H and O–H groups in total. The van der Waals surface area contributed by atoms with Crippen molar-refractivity contribution in [3.05, 3.63) is 38.4 Å². The van der Waals surface area contributed by atoms with E-state index in [0.717, 1.165) is 43.9 Å². The molecule has 9 nitrogen and oxygen atoms in total. The van der Waals surface area contributed by atoms with Crippen molar-refractivity contribution >= 4 is 23.2 Å². The molecule has 0 heterocycles. The van der Waals surface area contributed by atoms with Gasteiger partial charge in [-0.3, -0.25) is 20.2 Å². The van der Waals surface area contributed by atoms with E-state index in [0.29, 0.717) is 18.1 Å². The molecule has 0 radical (unpaired) electrons. The van der Waals surface area contributed by atoms with Gasteiger partial charge in [0.1, 0.15) is 0 Å². The van der Waals surface area contributed by atoms with Crippen LogP contribution in [0.15, 0.2) is 23.2 Å². The van der Waals surface area contributed by atoms with Gasteiger partial charge in [0.15, 0.2) is 0 Å². The van der Waals surface area contributed by atoms with Gasteiger partial charge < -0.3 is 4.74 Å². The number of rotatable bonds is 9. The molecule has 1 atom stereocenters. The van der Waals surface area contributed by atoms with Crippen LogP contribution in [0, 0.1) is 26.1 Å². The maximum absolute atomic E-state index is 12.0. The molecule has 0 aromatic heterocycles. The average molecular weight is 365 g/mol. The Bertz CT molecular complexity index is 669. The zero-order valence-electron chi connectivity index (χ0n) is 15.1. The molecule has 0 fully saturated rings. The number of amides is 1. The van der Waals surface area contributed by atoms with Gasteiger partial charge in [-0.25, -0.2) is 4.79 Å². The minimum Gasteiger partial charge on any atom is -0.394 e. The Hall–Kier alpha value is -2.84. The summed E-state index contributed by atoms with van der Waals surface area (Å²) in [5.74, 6) is -0.376. The number of ether oxygens (including phenoxy) is 1. The molecule has 0 bridgehead atoms. The van der Waals surface area contributed by atoms with Crippen molar-refractivity contribution in [2.75, 3.05) is 0 Å². The summed E-state index contributed by atoms with van der Waals surface area (Å²) in [6.07, 6.45) is 3.84. The van der Waals surface area contributed by atoms with Crippen LogP contribution in [0.3, 0.4) is 0 Å². The summed E-state index contributed by atoms with van der Waals surface area (Å²) in [6.45, 7) is 5.83. The first-order valence-corrected chi connectivity index (χ1v) is 8.44. The fraction of sp³-hybridized carbons (Fsp3) is 0.529. The predicted octanol–water partition coefficient (Wildman–Crippen LogP) is 5.07. The van der Waals surface area contributed by atoms with Crippen molar-refractivity contribution in [2.24, 2.45) is 10.9 Å². The summed E-state index contributed by atoms with van der Waals surface area (Å²) < 4.78 is 4.84. The average Bonchev–Trinajstić information content (AvgIpc) is 2.54. The van der Waals surface area contributed by atoms with Crippen LogP contribution in [0.1, 0.15) is 52.9 Å². The lowest BCUT2D eigenvalue weighted by Gasteiger charge is -2.10. The van der Waals surface area contributed by atoms with Crippen LogP contribution >= 0.6 is 0 Å². The molecule has 1 aromatic rings. The van der Waals surface area contributed by atoms with Gasteiger partial charge in [0.25, 0.3) is 5.75 Å². The van der Waals surface area contributed by atoms with Crippen LogP contribution in [0.4, 0.5) is 16.2 Å². The van der Waals surface area contributed by atoms with Crippen molar-refractivity contribution in [3.63, 3.8) is 0 Å². The third-order valence-corrected chi connectivity index (χ3v) is 3.78. The molecule has 1 aromatic carbocycles. The maximum atomic E-state index is 12.0. The highest BCUT2D eigenvalue weighted by Crippen LogP contribution is 2.36. The van der Waals surface area contributed by atoms with Crippen LogP contribution in [0.25, 0.3) is 0 Å². The molecule has 1 amide bonds. The molecular weight excluding hydrogens is 342 g/mol. The van der Waals surface area contributed by atoms with E-state index in [9.17, 15) is 25.0 Å². The fourth-order valence-corrected chi connectivity index (χ4v) is 2.57. The normalized spacial score (nSPS) is 12.5. The van der Waals surface area contributed by atoms with Crippen molar-refractivity contribution in [1.82, 2.24) is 0 Å². The highest BCUT2D eigenvalue weighted by atomic mass is 16.6. The second-order valence-corrected chi connectivity index (χ2v) is 6.16. The predicted molar refractivity (Wildman–Crippen MR) is 96.8 cm³/mol. The lowest BCUT2D eigenvalue weighted by Crippen LogP contribution is -2.10. The number of carbonyl (C=O) groups excluding carboxylic acids is 1. The van der Waals surface area contributed by atoms with Gasteiger partial charge in [-0.05, 0) is 25.3 Å². The number of aliphatic imine (C=N–C) groups is 1. The van der Waals surface area contributed by atoms with E-state index >= 15 is 0 Å². The van der Waals surface area contributed by atoms with Crippen LogP contribution in [-0.4, -0.2) is 21.7 Å². The molecule has 9 heteroatoms. The van der Waals surface area contributed by atoms with Crippen molar-refractivity contribution in [3.8, 4) is 5.75 Å². The van der Waals surface area contributed by atoms with Gasteiger partial charge in [-0.15, -0.1) is 0 Å². The minimum absolute atomic E-state index is 0.332. The van der Waals surface area contributed by atoms with E-state index < -0.39 is 33.1 Å². The topological polar surface area (TPSA) is 125 Å². The Balaban J connectivity index is 2.87. The number of unbranched alkanes of at least 4 members (excludes halogenated alkanes) is 2. The molecule has 1 unspecified atom stereocenters. The van der Waals surface area contributed by atoms with Crippen LogP contribution in [-0.2, 0) is 0 Å². The molecule has 26 heavy (non-hydrogen) atoms. The van der Waals surface area contributed by atoms with Gasteiger partial charge in [-0.2, -0.15) is 4.99 Å². The summed E-state index contributed by atoms with van der Waals surface area (Å²) >= 11 is 0. The monoisotopic (exact) mass is 365 g/mol. The molecule has 0 spiro atoms. The number of nitrogens with zero attached hydrogens (tertiary/aromatic N) is 3. The van der Waals surface area contributed by atoms with E-state index in [-0.39, 0.29) is 0 Å². The molecule has 0 saturated carbocycles. The Labute approximate surface area is 151 Å². The van der Waals surface area contributed by atoms with Crippen LogP contribution in [0.5, 0.6) is 5.75 Å². The lowest BCUT2D eigenvalue weighted by molar-refractivity contribution is -0.395. The first-order valence-electron chi connectivity index (χ1n) is 8.44. The summed E-state index contributed by atoms with van der Waals surface area (Å²) in [5.41, 5.74) is -0.804. The van der Waals surface area contributed by atoms with Crippen molar-refractivity contribution in [2.45, 2.75) is 52.9 Å². The molecule has 142 valence electrons. The first-order chi connectivity index (χ1) is 12.3. The molecule has 0 aliphatic rings. The molecular formula is C17H23N3O6. The zero-order chi connectivity index (χ0) is 19.7. The Morgan fingerprint density at radius 3 is 2.27 bits per heavy atom. The number of para-hydroxylation sites is 1.